The minimum absolute atomic E-state index is 0.105. The highest BCUT2D eigenvalue weighted by Crippen LogP contribution is 2.24. The van der Waals surface area contributed by atoms with Crippen molar-refractivity contribution in [3.05, 3.63) is 54.1 Å². The maximum atomic E-state index is 13.0. The SMILES string of the molecule is COc1ccc(NC(=O)[C@@H]2CCCN2C(=O)c2cccc(N(C)C)c2)cc1. The highest BCUT2D eigenvalue weighted by Gasteiger charge is 2.34. The van der Waals surface area contributed by atoms with Crippen LogP contribution in [0, 0.1) is 0 Å². The van der Waals surface area contributed by atoms with Crippen LogP contribution in [-0.4, -0.2) is 50.5 Å². The first kappa shape index (κ1) is 18.8. The van der Waals surface area contributed by atoms with Gasteiger partial charge in [0.1, 0.15) is 11.8 Å². The molecule has 0 spiro atoms. The molecule has 0 saturated carbocycles. The van der Waals surface area contributed by atoms with Gasteiger partial charge in [-0.2, -0.15) is 0 Å². The molecule has 0 aliphatic carbocycles. The van der Waals surface area contributed by atoms with E-state index in [0.717, 1.165) is 17.9 Å². The molecule has 1 atom stereocenters. The molecular weight excluding hydrogens is 342 g/mol. The van der Waals surface area contributed by atoms with Crippen molar-refractivity contribution in [2.24, 2.45) is 0 Å². The number of nitrogens with one attached hydrogen (secondary N) is 1. The number of rotatable bonds is 5. The van der Waals surface area contributed by atoms with Gasteiger partial charge in [0.05, 0.1) is 7.11 Å². The predicted molar refractivity (Wildman–Crippen MR) is 106 cm³/mol. The molecule has 2 aromatic carbocycles. The van der Waals surface area contributed by atoms with Gasteiger partial charge in [-0.3, -0.25) is 9.59 Å². The predicted octanol–water partition coefficient (Wildman–Crippen LogP) is 3.00. The van der Waals surface area contributed by atoms with E-state index in [4.69, 9.17) is 4.74 Å². The van der Waals surface area contributed by atoms with E-state index < -0.39 is 6.04 Å². The van der Waals surface area contributed by atoms with E-state index in [-0.39, 0.29) is 11.8 Å². The van der Waals surface area contributed by atoms with Gasteiger partial charge in [0, 0.05) is 37.6 Å². The third-order valence-corrected chi connectivity index (χ3v) is 4.78. The lowest BCUT2D eigenvalue weighted by Gasteiger charge is -2.24. The van der Waals surface area contributed by atoms with Crippen molar-refractivity contribution in [1.29, 1.82) is 0 Å². The smallest absolute Gasteiger partial charge is 0.254 e. The van der Waals surface area contributed by atoms with E-state index >= 15 is 0 Å². The van der Waals surface area contributed by atoms with Crippen LogP contribution in [0.1, 0.15) is 23.2 Å². The van der Waals surface area contributed by atoms with E-state index in [0.29, 0.717) is 24.2 Å². The molecule has 1 saturated heterocycles. The van der Waals surface area contributed by atoms with Crippen molar-refractivity contribution >= 4 is 23.2 Å². The van der Waals surface area contributed by atoms with Gasteiger partial charge in [-0.1, -0.05) is 6.07 Å². The summed E-state index contributed by atoms with van der Waals surface area (Å²) in [5.74, 6) is 0.465. The molecule has 1 N–H and O–H groups in total. The zero-order valence-electron chi connectivity index (χ0n) is 15.9. The van der Waals surface area contributed by atoms with Crippen LogP contribution in [-0.2, 0) is 4.79 Å². The largest absolute Gasteiger partial charge is 0.497 e. The average Bonchev–Trinajstić information content (AvgIpc) is 3.18. The summed E-state index contributed by atoms with van der Waals surface area (Å²) in [6.07, 6.45) is 1.49. The summed E-state index contributed by atoms with van der Waals surface area (Å²) in [5.41, 5.74) is 2.25. The van der Waals surface area contributed by atoms with Gasteiger partial charge < -0.3 is 19.9 Å². The highest BCUT2D eigenvalue weighted by atomic mass is 16.5. The molecule has 0 aromatic heterocycles. The maximum absolute atomic E-state index is 13.0. The minimum atomic E-state index is -0.456. The number of amides is 2. The lowest BCUT2D eigenvalue weighted by Crippen LogP contribution is -2.43. The van der Waals surface area contributed by atoms with Crippen LogP contribution >= 0.6 is 0 Å². The van der Waals surface area contributed by atoms with Crippen LogP contribution in [0.5, 0.6) is 5.75 Å². The van der Waals surface area contributed by atoms with E-state index in [1.807, 2.05) is 37.2 Å². The number of ether oxygens (including phenoxy) is 1. The molecule has 1 aliphatic rings. The number of benzene rings is 2. The Kier molecular flexibility index (Phi) is 5.64. The minimum Gasteiger partial charge on any atom is -0.497 e. The summed E-state index contributed by atoms with van der Waals surface area (Å²) in [6, 6.07) is 14.2. The van der Waals surface area contributed by atoms with Gasteiger partial charge in [-0.25, -0.2) is 0 Å². The number of nitrogens with zero attached hydrogens (tertiary/aromatic N) is 2. The lowest BCUT2D eigenvalue weighted by molar-refractivity contribution is -0.119. The quantitative estimate of drug-likeness (QED) is 0.882. The molecule has 0 radical (unpaired) electrons. The Hall–Kier alpha value is -3.02. The zero-order valence-corrected chi connectivity index (χ0v) is 15.9. The molecule has 2 amide bonds. The number of carbonyl (C=O) groups excluding carboxylic acids is 2. The van der Waals surface area contributed by atoms with Crippen molar-refractivity contribution in [2.75, 3.05) is 38.0 Å². The van der Waals surface area contributed by atoms with Gasteiger partial charge in [0.25, 0.3) is 5.91 Å². The van der Waals surface area contributed by atoms with Crippen molar-refractivity contribution in [1.82, 2.24) is 4.90 Å². The van der Waals surface area contributed by atoms with Crippen molar-refractivity contribution in [3.63, 3.8) is 0 Å². The Balaban J connectivity index is 1.73. The molecule has 6 nitrogen and oxygen atoms in total. The molecular formula is C21H25N3O3. The summed E-state index contributed by atoms with van der Waals surface area (Å²) < 4.78 is 5.13. The van der Waals surface area contributed by atoms with E-state index in [2.05, 4.69) is 5.32 Å². The van der Waals surface area contributed by atoms with Gasteiger partial charge in [-0.05, 0) is 55.3 Å². The maximum Gasteiger partial charge on any atom is 0.254 e. The Bertz CT molecular complexity index is 818. The number of hydrogen-bond donors (Lipinski definition) is 1. The molecule has 142 valence electrons. The standard InChI is InChI=1S/C21H25N3O3/c1-23(2)17-7-4-6-15(14-17)21(26)24-13-5-8-19(24)20(25)22-16-9-11-18(27-3)12-10-16/h4,6-7,9-12,14,19H,5,8,13H2,1-3H3,(H,22,25)/t19-/m0/s1. The fraction of sp³-hybridized carbons (Fsp3) is 0.333. The van der Waals surface area contributed by atoms with Crippen LogP contribution in [0.4, 0.5) is 11.4 Å². The molecule has 1 heterocycles. The molecule has 3 rings (SSSR count). The van der Waals surface area contributed by atoms with Gasteiger partial charge in [0.2, 0.25) is 5.91 Å². The Morgan fingerprint density at radius 1 is 1.15 bits per heavy atom. The molecule has 0 unspecified atom stereocenters. The third-order valence-electron chi connectivity index (χ3n) is 4.78. The number of methoxy groups -OCH3 is 1. The number of carbonyl (C=O) groups is 2. The number of likely N-dealkylation sites (tertiary alicyclic amines) is 1. The van der Waals surface area contributed by atoms with Crippen LogP contribution in [0.25, 0.3) is 0 Å². The van der Waals surface area contributed by atoms with E-state index in [1.54, 1.807) is 42.3 Å². The van der Waals surface area contributed by atoms with Crippen LogP contribution in [0.15, 0.2) is 48.5 Å². The summed E-state index contributed by atoms with van der Waals surface area (Å²) in [6.45, 7) is 0.589. The molecule has 1 fully saturated rings. The molecule has 0 bridgehead atoms. The van der Waals surface area contributed by atoms with Gasteiger partial charge in [-0.15, -0.1) is 0 Å². The fourth-order valence-corrected chi connectivity index (χ4v) is 3.27. The topological polar surface area (TPSA) is 61.9 Å². The van der Waals surface area contributed by atoms with E-state index in [1.165, 1.54) is 0 Å². The summed E-state index contributed by atoms with van der Waals surface area (Å²) in [4.78, 5) is 29.4. The van der Waals surface area contributed by atoms with Crippen LogP contribution in [0.2, 0.25) is 0 Å². The molecule has 27 heavy (non-hydrogen) atoms. The van der Waals surface area contributed by atoms with Crippen LogP contribution in [0.3, 0.4) is 0 Å². The third kappa shape index (κ3) is 4.22. The molecule has 2 aromatic rings. The van der Waals surface area contributed by atoms with Crippen molar-refractivity contribution in [2.45, 2.75) is 18.9 Å². The number of anilines is 2. The van der Waals surface area contributed by atoms with Crippen molar-refractivity contribution < 1.29 is 14.3 Å². The normalized spacial score (nSPS) is 16.1. The Labute approximate surface area is 159 Å². The Morgan fingerprint density at radius 2 is 1.89 bits per heavy atom. The molecule has 6 heteroatoms. The van der Waals surface area contributed by atoms with E-state index in [9.17, 15) is 9.59 Å². The highest BCUT2D eigenvalue weighted by molar-refractivity contribution is 6.02. The second kappa shape index (κ2) is 8.12. The second-order valence-corrected chi connectivity index (χ2v) is 6.82. The average molecular weight is 367 g/mol. The first-order valence-electron chi connectivity index (χ1n) is 9.03. The first-order chi connectivity index (χ1) is 13.0. The Morgan fingerprint density at radius 3 is 2.56 bits per heavy atom. The van der Waals surface area contributed by atoms with Crippen LogP contribution < -0.4 is 15.0 Å². The van der Waals surface area contributed by atoms with Crippen molar-refractivity contribution in [3.8, 4) is 5.75 Å². The monoisotopic (exact) mass is 367 g/mol. The lowest BCUT2D eigenvalue weighted by atomic mass is 10.1. The summed E-state index contributed by atoms with van der Waals surface area (Å²) in [5, 5.41) is 2.90. The second-order valence-electron chi connectivity index (χ2n) is 6.82. The summed E-state index contributed by atoms with van der Waals surface area (Å²) >= 11 is 0. The van der Waals surface area contributed by atoms with Gasteiger partial charge >= 0.3 is 0 Å². The fourth-order valence-electron chi connectivity index (χ4n) is 3.27. The zero-order chi connectivity index (χ0) is 19.4. The van der Waals surface area contributed by atoms with Gasteiger partial charge in [0.15, 0.2) is 0 Å². The number of hydrogen-bond acceptors (Lipinski definition) is 4. The first-order valence-corrected chi connectivity index (χ1v) is 9.03. The summed E-state index contributed by atoms with van der Waals surface area (Å²) in [7, 11) is 5.47. The molecule has 1 aliphatic heterocycles.